The highest BCUT2D eigenvalue weighted by Crippen LogP contribution is 2.29. The summed E-state index contributed by atoms with van der Waals surface area (Å²) in [6.45, 7) is 1.82. The molecule has 2 N–H and O–H groups in total. The van der Waals surface area contributed by atoms with Gasteiger partial charge in [-0.2, -0.15) is 21.6 Å². The zero-order chi connectivity index (χ0) is 20.2. The number of rotatable bonds is 7. The second-order valence-corrected chi connectivity index (χ2v) is 7.45. The van der Waals surface area contributed by atoms with Gasteiger partial charge < -0.3 is 5.11 Å². The van der Waals surface area contributed by atoms with Crippen LogP contribution in [-0.4, -0.2) is 24.5 Å². The van der Waals surface area contributed by atoms with Crippen LogP contribution in [0.15, 0.2) is 47.6 Å². The lowest BCUT2D eigenvalue weighted by Crippen LogP contribution is -2.16. The van der Waals surface area contributed by atoms with Crippen LogP contribution in [0.5, 0.6) is 0 Å². The lowest BCUT2D eigenvalue weighted by atomic mass is 9.93. The predicted octanol–water partition coefficient (Wildman–Crippen LogP) is 3.87. The third-order valence-corrected chi connectivity index (χ3v) is 5.16. The number of hydrogen-bond acceptors (Lipinski definition) is 4. The molecule has 0 fully saturated rings. The van der Waals surface area contributed by atoms with Gasteiger partial charge in [-0.1, -0.05) is 19.1 Å². The molecule has 2 aromatic rings. The van der Waals surface area contributed by atoms with E-state index in [0.29, 0.717) is 24.2 Å². The summed E-state index contributed by atoms with van der Waals surface area (Å²) >= 11 is 0. The predicted molar refractivity (Wildman–Crippen MR) is 91.8 cm³/mol. The number of pyridine rings is 1. The second kappa shape index (κ2) is 7.95. The van der Waals surface area contributed by atoms with Crippen molar-refractivity contribution in [1.82, 2.24) is 4.98 Å². The number of benzene rings is 1. The third-order valence-electron chi connectivity index (χ3n) is 3.86. The first-order chi connectivity index (χ1) is 12.5. The third kappa shape index (κ3) is 5.43. The molecule has 0 aliphatic rings. The highest BCUT2D eigenvalue weighted by atomic mass is 32.2. The zero-order valence-corrected chi connectivity index (χ0v) is 15.0. The van der Waals surface area contributed by atoms with Gasteiger partial charge in [0.2, 0.25) is 0 Å². The normalized spacial score (nSPS) is 13.2. The highest BCUT2D eigenvalue weighted by Gasteiger charge is 2.31. The molecule has 0 aliphatic carbocycles. The van der Waals surface area contributed by atoms with Crippen LogP contribution in [0, 0.1) is 0 Å². The number of aliphatic carboxylic acids is 1. The highest BCUT2D eigenvalue weighted by molar-refractivity contribution is 7.92. The van der Waals surface area contributed by atoms with Gasteiger partial charge >= 0.3 is 12.1 Å². The van der Waals surface area contributed by atoms with Gasteiger partial charge in [0, 0.05) is 11.9 Å². The van der Waals surface area contributed by atoms with Crippen LogP contribution in [0.4, 0.5) is 18.9 Å². The molecule has 0 spiro atoms. The van der Waals surface area contributed by atoms with E-state index in [1.807, 2.05) is 6.92 Å². The van der Waals surface area contributed by atoms with E-state index < -0.39 is 32.8 Å². The summed E-state index contributed by atoms with van der Waals surface area (Å²) in [5, 5.41) is 8.40. The fraction of sp³-hybridized carbons (Fsp3) is 0.294. The van der Waals surface area contributed by atoms with E-state index in [0.717, 1.165) is 6.07 Å². The molecule has 0 amide bonds. The number of anilines is 1. The summed E-state index contributed by atoms with van der Waals surface area (Å²) in [5.41, 5.74) is -0.249. The smallest absolute Gasteiger partial charge is 0.417 e. The minimum Gasteiger partial charge on any atom is -0.481 e. The van der Waals surface area contributed by atoms with Gasteiger partial charge in [-0.25, -0.2) is 4.98 Å². The number of nitrogens with one attached hydrogen (secondary N) is 1. The first-order valence-electron chi connectivity index (χ1n) is 7.90. The Bertz CT molecular complexity index is 913. The largest absolute Gasteiger partial charge is 0.481 e. The van der Waals surface area contributed by atoms with E-state index in [1.165, 1.54) is 12.1 Å². The van der Waals surface area contributed by atoms with Crippen LogP contribution >= 0.6 is 0 Å². The first kappa shape index (κ1) is 20.7. The van der Waals surface area contributed by atoms with Gasteiger partial charge in [0.05, 0.1) is 12.0 Å². The quantitative estimate of drug-likeness (QED) is 0.733. The van der Waals surface area contributed by atoms with Crippen molar-refractivity contribution < 1.29 is 31.5 Å². The molecule has 2 rings (SSSR count). The fourth-order valence-electron chi connectivity index (χ4n) is 2.48. The maximum atomic E-state index is 12.6. The van der Waals surface area contributed by atoms with Crippen molar-refractivity contribution in [3.8, 4) is 0 Å². The van der Waals surface area contributed by atoms with E-state index >= 15 is 0 Å². The zero-order valence-electron chi connectivity index (χ0n) is 14.2. The topological polar surface area (TPSA) is 96.4 Å². The Kier molecular flexibility index (Phi) is 6.09. The second-order valence-electron chi connectivity index (χ2n) is 5.82. The van der Waals surface area contributed by atoms with Crippen molar-refractivity contribution in [3.63, 3.8) is 0 Å². The SMILES string of the molecule is CCC(CC(=O)O)c1cccc(NS(=O)(=O)c2ccc(C(F)(F)F)cn2)c1. The van der Waals surface area contributed by atoms with Crippen LogP contribution in [-0.2, 0) is 21.0 Å². The number of hydrogen-bond donors (Lipinski definition) is 2. The molecule has 1 aromatic heterocycles. The average molecular weight is 402 g/mol. The number of sulfonamides is 1. The van der Waals surface area contributed by atoms with Crippen LogP contribution in [0.2, 0.25) is 0 Å². The molecule has 27 heavy (non-hydrogen) atoms. The molecule has 0 saturated carbocycles. The van der Waals surface area contributed by atoms with Crippen molar-refractivity contribution in [2.24, 2.45) is 0 Å². The van der Waals surface area contributed by atoms with Gasteiger partial charge in [-0.05, 0) is 42.2 Å². The molecule has 1 aromatic carbocycles. The molecule has 1 unspecified atom stereocenters. The number of alkyl halides is 3. The van der Waals surface area contributed by atoms with E-state index in [4.69, 9.17) is 5.11 Å². The van der Waals surface area contributed by atoms with Gasteiger partial charge in [-0.3, -0.25) is 9.52 Å². The summed E-state index contributed by atoms with van der Waals surface area (Å²) in [6, 6.07) is 7.62. The number of carbonyl (C=O) groups is 1. The molecule has 0 radical (unpaired) electrons. The Morgan fingerprint density at radius 2 is 1.96 bits per heavy atom. The Morgan fingerprint density at radius 3 is 2.48 bits per heavy atom. The van der Waals surface area contributed by atoms with Crippen LogP contribution < -0.4 is 4.72 Å². The minimum absolute atomic E-state index is 0.104. The molecule has 0 saturated heterocycles. The lowest BCUT2D eigenvalue weighted by Gasteiger charge is -2.15. The van der Waals surface area contributed by atoms with Crippen molar-refractivity contribution >= 4 is 21.7 Å². The lowest BCUT2D eigenvalue weighted by molar-refractivity contribution is -0.138. The number of nitrogens with zero attached hydrogens (tertiary/aromatic N) is 1. The molecule has 0 aliphatic heterocycles. The van der Waals surface area contributed by atoms with Crippen molar-refractivity contribution in [1.29, 1.82) is 0 Å². The van der Waals surface area contributed by atoms with E-state index in [-0.39, 0.29) is 18.0 Å². The number of halogens is 3. The molecular formula is C17H17F3N2O4S. The standard InChI is InChI=1S/C17H17F3N2O4S/c1-2-11(9-16(23)24)12-4-3-5-14(8-12)22-27(25,26)15-7-6-13(10-21-15)17(18,19)20/h3-8,10-11,22H,2,9H2,1H3,(H,23,24). The molecule has 146 valence electrons. The molecule has 10 heteroatoms. The summed E-state index contributed by atoms with van der Waals surface area (Å²) in [6.07, 6.45) is -3.72. The number of carboxylic acids is 1. The van der Waals surface area contributed by atoms with Crippen LogP contribution in [0.1, 0.15) is 36.8 Å². The van der Waals surface area contributed by atoms with Crippen molar-refractivity contribution in [3.05, 3.63) is 53.7 Å². The van der Waals surface area contributed by atoms with Gasteiger partial charge in [0.15, 0.2) is 5.03 Å². The Labute approximate surface area is 154 Å². The molecule has 6 nitrogen and oxygen atoms in total. The summed E-state index contributed by atoms with van der Waals surface area (Å²) < 4.78 is 64.6. The summed E-state index contributed by atoms with van der Waals surface area (Å²) in [5.74, 6) is -1.27. The first-order valence-corrected chi connectivity index (χ1v) is 9.39. The Balaban J connectivity index is 2.25. The fourth-order valence-corrected chi connectivity index (χ4v) is 3.46. The van der Waals surface area contributed by atoms with Crippen molar-refractivity contribution in [2.75, 3.05) is 4.72 Å². The Morgan fingerprint density at radius 1 is 1.26 bits per heavy atom. The molecular weight excluding hydrogens is 385 g/mol. The summed E-state index contributed by atoms with van der Waals surface area (Å²) in [4.78, 5) is 14.3. The van der Waals surface area contributed by atoms with Gasteiger partial charge in [-0.15, -0.1) is 0 Å². The van der Waals surface area contributed by atoms with Crippen LogP contribution in [0.3, 0.4) is 0 Å². The monoisotopic (exact) mass is 402 g/mol. The van der Waals surface area contributed by atoms with Gasteiger partial charge in [0.1, 0.15) is 0 Å². The van der Waals surface area contributed by atoms with Crippen LogP contribution in [0.25, 0.3) is 0 Å². The Hall–Kier alpha value is -2.62. The molecule has 1 heterocycles. The average Bonchev–Trinajstić information content (AvgIpc) is 2.58. The maximum absolute atomic E-state index is 12.6. The molecule has 0 bridgehead atoms. The van der Waals surface area contributed by atoms with E-state index in [9.17, 15) is 26.4 Å². The molecule has 1 atom stereocenters. The van der Waals surface area contributed by atoms with Crippen molar-refractivity contribution in [2.45, 2.75) is 36.9 Å². The summed E-state index contributed by atoms with van der Waals surface area (Å²) in [7, 11) is -4.19. The minimum atomic E-state index is -4.61. The van der Waals surface area contributed by atoms with E-state index in [2.05, 4.69) is 9.71 Å². The number of aromatic nitrogens is 1. The van der Waals surface area contributed by atoms with Gasteiger partial charge in [0.25, 0.3) is 10.0 Å². The van der Waals surface area contributed by atoms with E-state index in [1.54, 1.807) is 12.1 Å². The number of carboxylic acid groups (broad SMARTS) is 1. The maximum Gasteiger partial charge on any atom is 0.417 e.